The third kappa shape index (κ3) is 1.31. The van der Waals surface area contributed by atoms with Crippen molar-refractivity contribution in [3.63, 3.8) is 0 Å². The highest BCUT2D eigenvalue weighted by molar-refractivity contribution is 5.78. The summed E-state index contributed by atoms with van der Waals surface area (Å²) in [5.41, 5.74) is -1.24. The number of hydrogen-bond acceptors (Lipinski definition) is 4. The summed E-state index contributed by atoms with van der Waals surface area (Å²) >= 11 is 0. The molecule has 1 aliphatic rings. The number of aromatic nitrogens is 1. The summed E-state index contributed by atoms with van der Waals surface area (Å²) in [6, 6.07) is 1.06. The Morgan fingerprint density at radius 1 is 1.47 bits per heavy atom. The number of benzene rings is 1. The first-order chi connectivity index (χ1) is 8.18. The molecule has 1 aliphatic carbocycles. The van der Waals surface area contributed by atoms with Crippen molar-refractivity contribution >= 4 is 17.0 Å². The van der Waals surface area contributed by atoms with E-state index in [0.717, 1.165) is 6.07 Å². The topological polar surface area (TPSA) is 55.5 Å². The van der Waals surface area contributed by atoms with Crippen LogP contribution in [0.3, 0.4) is 0 Å². The van der Waals surface area contributed by atoms with E-state index in [-0.39, 0.29) is 16.5 Å². The van der Waals surface area contributed by atoms with Gasteiger partial charge in [-0.3, -0.25) is 0 Å². The quantitative estimate of drug-likeness (QED) is 0.594. The zero-order valence-electron chi connectivity index (χ0n) is 8.54. The number of hydrogen-bond donors (Lipinski definition) is 0. The second-order valence-electron chi connectivity index (χ2n) is 4.02. The van der Waals surface area contributed by atoms with Crippen LogP contribution in [0.1, 0.15) is 18.4 Å². The standard InChI is InChI=1S/C11H6F2N2O2/c12-7-3-8-6(4-15-17-8)10(13)9(7)11(1-2-11)14-5-16/h3-4H,1-2H2. The van der Waals surface area contributed by atoms with Gasteiger partial charge in [0.1, 0.15) is 17.2 Å². The summed E-state index contributed by atoms with van der Waals surface area (Å²) in [4.78, 5) is 13.8. The lowest BCUT2D eigenvalue weighted by Crippen LogP contribution is -2.09. The maximum absolute atomic E-state index is 14.1. The number of fused-ring (bicyclic) bond motifs is 1. The zero-order valence-corrected chi connectivity index (χ0v) is 8.54. The van der Waals surface area contributed by atoms with E-state index >= 15 is 0 Å². The molecule has 0 saturated heterocycles. The van der Waals surface area contributed by atoms with Gasteiger partial charge >= 0.3 is 0 Å². The summed E-state index contributed by atoms with van der Waals surface area (Å²) in [7, 11) is 0. The van der Waals surface area contributed by atoms with E-state index in [9.17, 15) is 13.6 Å². The third-order valence-electron chi connectivity index (χ3n) is 3.00. The number of nitrogens with zero attached hydrogens (tertiary/aromatic N) is 2. The SMILES string of the molecule is O=C=NC1(c2c(F)cc3oncc3c2F)CC1. The monoisotopic (exact) mass is 236 g/mol. The van der Waals surface area contributed by atoms with E-state index in [4.69, 9.17) is 0 Å². The van der Waals surface area contributed by atoms with E-state index in [1.165, 1.54) is 12.3 Å². The van der Waals surface area contributed by atoms with Crippen molar-refractivity contribution in [2.75, 3.05) is 0 Å². The highest BCUT2D eigenvalue weighted by atomic mass is 19.1. The van der Waals surface area contributed by atoms with E-state index < -0.39 is 17.2 Å². The highest BCUT2D eigenvalue weighted by Crippen LogP contribution is 2.51. The number of carbonyl (C=O) groups excluding carboxylic acids is 1. The maximum Gasteiger partial charge on any atom is 0.235 e. The number of halogens is 2. The summed E-state index contributed by atoms with van der Waals surface area (Å²) in [5, 5.41) is 3.49. The van der Waals surface area contributed by atoms with Crippen LogP contribution < -0.4 is 0 Å². The Morgan fingerprint density at radius 3 is 2.88 bits per heavy atom. The molecule has 17 heavy (non-hydrogen) atoms. The molecular weight excluding hydrogens is 230 g/mol. The predicted octanol–water partition coefficient (Wildman–Crippen LogP) is 2.43. The lowest BCUT2D eigenvalue weighted by Gasteiger charge is -2.10. The molecule has 1 fully saturated rings. The zero-order chi connectivity index (χ0) is 12.0. The second kappa shape index (κ2) is 3.21. The van der Waals surface area contributed by atoms with E-state index in [2.05, 4.69) is 14.7 Å². The van der Waals surface area contributed by atoms with Gasteiger partial charge in [-0.15, -0.1) is 0 Å². The molecule has 0 amide bonds. The first-order valence-corrected chi connectivity index (χ1v) is 5.00. The molecule has 0 radical (unpaired) electrons. The van der Waals surface area contributed by atoms with Gasteiger partial charge < -0.3 is 4.52 Å². The number of aliphatic imine (C=N–C) groups is 1. The normalized spacial score (nSPS) is 16.8. The van der Waals surface area contributed by atoms with Gasteiger partial charge in [0, 0.05) is 6.07 Å². The van der Waals surface area contributed by atoms with E-state index in [0.29, 0.717) is 12.8 Å². The Bertz CT molecular complexity index is 655. The van der Waals surface area contributed by atoms with Crippen molar-refractivity contribution in [2.45, 2.75) is 18.4 Å². The minimum atomic E-state index is -1.08. The molecule has 0 unspecified atom stereocenters. The Kier molecular flexibility index (Phi) is 1.91. The number of rotatable bonds is 2. The van der Waals surface area contributed by atoms with E-state index in [1.807, 2.05) is 0 Å². The van der Waals surface area contributed by atoms with Crippen molar-refractivity contribution in [1.82, 2.24) is 5.16 Å². The molecule has 1 aromatic carbocycles. The van der Waals surface area contributed by atoms with Gasteiger partial charge in [0.05, 0.1) is 17.1 Å². The summed E-state index contributed by atoms with van der Waals surface area (Å²) in [6.45, 7) is 0. The molecule has 6 heteroatoms. The minimum absolute atomic E-state index is 0.0367. The van der Waals surface area contributed by atoms with Crippen molar-refractivity contribution in [1.29, 1.82) is 0 Å². The Morgan fingerprint density at radius 2 is 2.24 bits per heavy atom. The van der Waals surface area contributed by atoms with Gasteiger partial charge in [0.25, 0.3) is 0 Å². The molecule has 86 valence electrons. The summed E-state index contributed by atoms with van der Waals surface area (Å²) < 4.78 is 32.6. The molecule has 2 aromatic rings. The molecule has 1 saturated carbocycles. The fourth-order valence-electron chi connectivity index (χ4n) is 1.99. The Balaban J connectivity index is 2.32. The summed E-state index contributed by atoms with van der Waals surface area (Å²) in [6.07, 6.45) is 3.42. The van der Waals surface area contributed by atoms with Crippen molar-refractivity contribution < 1.29 is 18.1 Å². The van der Waals surface area contributed by atoms with Crippen molar-refractivity contribution in [3.05, 3.63) is 29.5 Å². The molecule has 3 rings (SSSR count). The van der Waals surface area contributed by atoms with Gasteiger partial charge in [-0.05, 0) is 12.8 Å². The first-order valence-electron chi connectivity index (χ1n) is 5.00. The van der Waals surface area contributed by atoms with Crippen LogP contribution in [0.25, 0.3) is 11.0 Å². The smallest absolute Gasteiger partial charge is 0.235 e. The minimum Gasteiger partial charge on any atom is -0.356 e. The molecule has 1 heterocycles. The van der Waals surface area contributed by atoms with Crippen LogP contribution in [-0.2, 0) is 10.3 Å². The van der Waals surface area contributed by atoms with E-state index in [1.54, 1.807) is 0 Å². The molecule has 0 atom stereocenters. The average molecular weight is 236 g/mol. The van der Waals surface area contributed by atoms with Crippen molar-refractivity contribution in [2.24, 2.45) is 4.99 Å². The molecular formula is C11H6F2N2O2. The molecule has 0 aliphatic heterocycles. The Labute approximate surface area is 93.9 Å². The van der Waals surface area contributed by atoms with Gasteiger partial charge in [-0.25, -0.2) is 13.6 Å². The van der Waals surface area contributed by atoms with Gasteiger partial charge in [0.2, 0.25) is 6.08 Å². The molecule has 1 aromatic heterocycles. The van der Waals surface area contributed by atoms with Gasteiger partial charge in [-0.2, -0.15) is 4.99 Å². The lowest BCUT2D eigenvalue weighted by atomic mass is 10.0. The summed E-state index contributed by atoms with van der Waals surface area (Å²) in [5.74, 6) is -1.54. The van der Waals surface area contributed by atoms with Crippen LogP contribution >= 0.6 is 0 Å². The Hall–Kier alpha value is -2.07. The van der Waals surface area contributed by atoms with Crippen LogP contribution in [0, 0.1) is 11.6 Å². The largest absolute Gasteiger partial charge is 0.356 e. The maximum atomic E-state index is 14.1. The molecule has 0 N–H and O–H groups in total. The predicted molar refractivity (Wildman–Crippen MR) is 53.0 cm³/mol. The molecule has 4 nitrogen and oxygen atoms in total. The van der Waals surface area contributed by atoms with Crippen LogP contribution in [0.2, 0.25) is 0 Å². The fraction of sp³-hybridized carbons (Fsp3) is 0.273. The van der Waals surface area contributed by atoms with Crippen LogP contribution in [0.15, 0.2) is 21.8 Å². The first kappa shape index (κ1) is 10.1. The van der Waals surface area contributed by atoms with Crippen molar-refractivity contribution in [3.8, 4) is 0 Å². The molecule has 0 bridgehead atoms. The van der Waals surface area contributed by atoms with Gasteiger partial charge in [-0.1, -0.05) is 5.16 Å². The third-order valence-corrected chi connectivity index (χ3v) is 3.00. The second-order valence-corrected chi connectivity index (χ2v) is 4.02. The lowest BCUT2D eigenvalue weighted by molar-refractivity contribution is 0.452. The highest BCUT2D eigenvalue weighted by Gasteiger charge is 2.49. The van der Waals surface area contributed by atoms with Crippen LogP contribution in [-0.4, -0.2) is 11.2 Å². The average Bonchev–Trinajstić information content (AvgIpc) is 2.89. The van der Waals surface area contributed by atoms with Crippen LogP contribution in [0.5, 0.6) is 0 Å². The number of isocyanates is 1. The van der Waals surface area contributed by atoms with Crippen LogP contribution in [0.4, 0.5) is 8.78 Å². The fourth-order valence-corrected chi connectivity index (χ4v) is 1.99. The van der Waals surface area contributed by atoms with Gasteiger partial charge in [0.15, 0.2) is 5.58 Å². The molecule has 0 spiro atoms.